The monoisotopic (exact) mass is 445 g/mol. The number of carbonyl (C=O) groups is 1. The number of carbonyl (C=O) groups excluding carboxylic acids is 1. The average Bonchev–Trinajstić information content (AvgIpc) is 3.10. The van der Waals surface area contributed by atoms with Gasteiger partial charge in [-0.1, -0.05) is 6.07 Å². The molecule has 4 aliphatic carbocycles. The van der Waals surface area contributed by atoms with Crippen molar-refractivity contribution in [3.63, 3.8) is 0 Å². The van der Waals surface area contributed by atoms with Crippen LogP contribution >= 0.6 is 11.3 Å². The summed E-state index contributed by atoms with van der Waals surface area (Å²) < 4.78 is 25.6. The predicted octanol–water partition coefficient (Wildman–Crippen LogP) is 4.54. The van der Waals surface area contributed by atoms with Crippen LogP contribution in [0.5, 0.6) is 0 Å². The molecular weight excluding hydrogens is 418 g/mol. The summed E-state index contributed by atoms with van der Waals surface area (Å²) in [6.07, 6.45) is 9.01. The first kappa shape index (κ1) is 20.0. The molecule has 30 heavy (non-hydrogen) atoms. The van der Waals surface area contributed by atoms with Gasteiger partial charge in [0.1, 0.15) is 0 Å². The molecule has 0 spiro atoms. The lowest BCUT2D eigenvalue weighted by Crippen LogP contribution is -2.48. The fourth-order valence-corrected chi connectivity index (χ4v) is 7.69. The first-order chi connectivity index (χ1) is 14.2. The van der Waals surface area contributed by atoms with Gasteiger partial charge in [-0.15, -0.1) is 11.3 Å². The number of nitrogens with zero attached hydrogens (tertiary/aromatic N) is 1. The molecule has 4 fully saturated rings. The molecule has 1 heterocycles. The number of benzene rings is 1. The number of thiazole rings is 1. The Bertz CT molecular complexity index is 1070. The topological polar surface area (TPSA) is 88.2 Å². The fourth-order valence-electron chi connectivity index (χ4n) is 6.24. The van der Waals surface area contributed by atoms with Gasteiger partial charge >= 0.3 is 0 Å². The van der Waals surface area contributed by atoms with E-state index < -0.39 is 10.0 Å². The van der Waals surface area contributed by atoms with Gasteiger partial charge < -0.3 is 0 Å². The van der Waals surface area contributed by atoms with E-state index in [1.165, 1.54) is 49.9 Å². The van der Waals surface area contributed by atoms with E-state index in [-0.39, 0.29) is 11.3 Å². The third-order valence-electron chi connectivity index (χ3n) is 7.10. The summed E-state index contributed by atoms with van der Waals surface area (Å²) in [6.45, 7) is 1.80. The first-order valence-corrected chi connectivity index (χ1v) is 13.3. The van der Waals surface area contributed by atoms with Crippen LogP contribution in [0.3, 0.4) is 0 Å². The van der Waals surface area contributed by atoms with E-state index in [0.29, 0.717) is 16.4 Å². The van der Waals surface area contributed by atoms with Crippen molar-refractivity contribution in [2.45, 2.75) is 50.9 Å². The zero-order valence-electron chi connectivity index (χ0n) is 17.3. The quantitative estimate of drug-likeness (QED) is 0.707. The zero-order valence-corrected chi connectivity index (χ0v) is 18.9. The molecule has 6 nitrogen and oxygen atoms in total. The molecule has 0 aliphatic heterocycles. The summed E-state index contributed by atoms with van der Waals surface area (Å²) in [4.78, 5) is 17.6. The van der Waals surface area contributed by atoms with E-state index in [0.717, 1.165) is 35.3 Å². The van der Waals surface area contributed by atoms with Crippen LogP contribution in [-0.4, -0.2) is 25.6 Å². The Morgan fingerprint density at radius 1 is 1.13 bits per heavy atom. The van der Waals surface area contributed by atoms with Crippen LogP contribution < -0.4 is 10.0 Å². The van der Waals surface area contributed by atoms with E-state index in [1.54, 1.807) is 25.1 Å². The fraction of sp³-hybridized carbons (Fsp3) is 0.545. The lowest BCUT2D eigenvalue weighted by atomic mass is 9.49. The van der Waals surface area contributed by atoms with Crippen LogP contribution in [0.25, 0.3) is 0 Å². The molecule has 0 radical (unpaired) electrons. The molecule has 4 aliphatic rings. The summed E-state index contributed by atoms with van der Waals surface area (Å²) in [5, 5.41) is 5.66. The third kappa shape index (κ3) is 3.75. The second-order valence-corrected chi connectivity index (χ2v) is 12.2. The molecule has 0 atom stereocenters. The van der Waals surface area contributed by atoms with Crippen LogP contribution in [0.1, 0.15) is 60.1 Å². The van der Waals surface area contributed by atoms with Crippen molar-refractivity contribution in [1.82, 2.24) is 4.98 Å². The highest BCUT2D eigenvalue weighted by molar-refractivity contribution is 7.92. The minimum Gasteiger partial charge on any atom is -0.298 e. The van der Waals surface area contributed by atoms with Crippen LogP contribution in [0, 0.1) is 24.7 Å². The Morgan fingerprint density at radius 3 is 2.37 bits per heavy atom. The van der Waals surface area contributed by atoms with Gasteiger partial charge in [0.2, 0.25) is 10.0 Å². The normalized spacial score (nSPS) is 29.7. The molecule has 0 saturated heterocycles. The van der Waals surface area contributed by atoms with Gasteiger partial charge in [0.15, 0.2) is 5.13 Å². The number of amides is 1. The molecule has 2 aromatic rings. The maximum atomic E-state index is 12.8. The molecular formula is C22H27N3O3S2. The second-order valence-electron chi connectivity index (χ2n) is 9.59. The van der Waals surface area contributed by atoms with E-state index in [2.05, 4.69) is 15.4 Å². The molecule has 1 aromatic heterocycles. The lowest BCUT2D eigenvalue weighted by Gasteiger charge is -2.56. The largest absolute Gasteiger partial charge is 0.298 e. The second kappa shape index (κ2) is 7.05. The van der Waals surface area contributed by atoms with Gasteiger partial charge in [0, 0.05) is 16.4 Å². The van der Waals surface area contributed by atoms with Crippen LogP contribution in [0.15, 0.2) is 23.6 Å². The highest BCUT2D eigenvalue weighted by Crippen LogP contribution is 2.60. The van der Waals surface area contributed by atoms with E-state index in [9.17, 15) is 13.2 Å². The summed E-state index contributed by atoms with van der Waals surface area (Å²) >= 11 is 1.48. The average molecular weight is 446 g/mol. The highest BCUT2D eigenvalue weighted by atomic mass is 32.2. The predicted molar refractivity (Wildman–Crippen MR) is 120 cm³/mol. The van der Waals surface area contributed by atoms with Crippen molar-refractivity contribution in [3.8, 4) is 0 Å². The SMILES string of the molecule is Cc1ccc(C(=O)Nc2nc(C34CC5CC(CC(C5)C3)C4)cs2)cc1NS(C)(=O)=O. The standard InChI is InChI=1S/C22H27N3O3S2/c1-13-3-4-17(8-18(13)25-30(2,27)28)20(26)24-21-23-19(12-29-21)22-9-14-5-15(10-22)7-16(6-14)11-22/h3-4,8,12,14-16,25H,5-7,9-11H2,1-2H3,(H,23,24,26). The molecule has 1 aromatic carbocycles. The molecule has 2 N–H and O–H groups in total. The van der Waals surface area contributed by atoms with E-state index in [1.807, 2.05) is 0 Å². The number of aryl methyl sites for hydroxylation is 1. The minimum absolute atomic E-state index is 0.213. The van der Waals surface area contributed by atoms with Crippen molar-refractivity contribution in [3.05, 3.63) is 40.4 Å². The smallest absolute Gasteiger partial charge is 0.257 e. The molecule has 4 saturated carbocycles. The lowest BCUT2D eigenvalue weighted by molar-refractivity contribution is -0.00688. The van der Waals surface area contributed by atoms with Crippen molar-refractivity contribution in [2.24, 2.45) is 17.8 Å². The van der Waals surface area contributed by atoms with Crippen molar-refractivity contribution < 1.29 is 13.2 Å². The van der Waals surface area contributed by atoms with Crippen molar-refractivity contribution >= 4 is 38.1 Å². The van der Waals surface area contributed by atoms with Gasteiger partial charge in [-0.2, -0.15) is 0 Å². The van der Waals surface area contributed by atoms with E-state index in [4.69, 9.17) is 4.98 Å². The summed E-state index contributed by atoms with van der Waals surface area (Å²) in [6, 6.07) is 5.01. The minimum atomic E-state index is -3.41. The Labute approximate surface area is 181 Å². The molecule has 6 rings (SSSR count). The van der Waals surface area contributed by atoms with Gasteiger partial charge in [-0.25, -0.2) is 13.4 Å². The van der Waals surface area contributed by atoms with Gasteiger partial charge in [0.25, 0.3) is 5.91 Å². The van der Waals surface area contributed by atoms with Gasteiger partial charge in [-0.3, -0.25) is 14.8 Å². The third-order valence-corrected chi connectivity index (χ3v) is 8.45. The number of rotatable bonds is 5. The molecule has 1 amide bonds. The number of aromatic nitrogens is 1. The first-order valence-electron chi connectivity index (χ1n) is 10.5. The van der Waals surface area contributed by atoms with Gasteiger partial charge in [0.05, 0.1) is 17.6 Å². The van der Waals surface area contributed by atoms with Crippen LogP contribution in [0.2, 0.25) is 0 Å². The highest BCUT2D eigenvalue weighted by Gasteiger charge is 2.52. The zero-order chi connectivity index (χ0) is 21.1. The molecule has 8 heteroatoms. The van der Waals surface area contributed by atoms with Gasteiger partial charge in [-0.05, 0) is 80.9 Å². The van der Waals surface area contributed by atoms with Crippen molar-refractivity contribution in [1.29, 1.82) is 0 Å². The maximum Gasteiger partial charge on any atom is 0.257 e. The summed E-state index contributed by atoms with van der Waals surface area (Å²) in [5.74, 6) is 2.27. The van der Waals surface area contributed by atoms with E-state index >= 15 is 0 Å². The number of nitrogens with one attached hydrogen (secondary N) is 2. The number of anilines is 2. The Balaban J connectivity index is 1.34. The Hall–Kier alpha value is -1.93. The Morgan fingerprint density at radius 2 is 1.77 bits per heavy atom. The number of sulfonamides is 1. The molecule has 0 unspecified atom stereocenters. The number of hydrogen-bond donors (Lipinski definition) is 2. The van der Waals surface area contributed by atoms with Crippen molar-refractivity contribution in [2.75, 3.05) is 16.3 Å². The molecule has 4 bridgehead atoms. The molecule has 160 valence electrons. The van der Waals surface area contributed by atoms with Crippen LogP contribution in [-0.2, 0) is 15.4 Å². The maximum absolute atomic E-state index is 12.8. The number of hydrogen-bond acceptors (Lipinski definition) is 5. The Kier molecular flexibility index (Phi) is 4.70. The summed E-state index contributed by atoms with van der Waals surface area (Å²) in [5.41, 5.74) is 2.95. The van der Waals surface area contributed by atoms with Crippen LogP contribution in [0.4, 0.5) is 10.8 Å². The summed E-state index contributed by atoms with van der Waals surface area (Å²) in [7, 11) is -3.41.